The zero-order valence-corrected chi connectivity index (χ0v) is 19.8. The molecular weight excluding hydrogens is 466 g/mol. The molecule has 1 aromatic carbocycles. The third-order valence-electron chi connectivity index (χ3n) is 5.61. The van der Waals surface area contributed by atoms with Gasteiger partial charge in [0.25, 0.3) is 5.91 Å². The van der Waals surface area contributed by atoms with Crippen molar-refractivity contribution in [3.05, 3.63) is 59.0 Å². The predicted molar refractivity (Wildman–Crippen MR) is 130 cm³/mol. The average molecular weight is 490 g/mol. The first-order valence-electron chi connectivity index (χ1n) is 10.4. The molecule has 2 atom stereocenters. The van der Waals surface area contributed by atoms with Crippen molar-refractivity contribution in [1.82, 2.24) is 4.90 Å². The lowest BCUT2D eigenvalue weighted by molar-refractivity contribution is -0.129. The van der Waals surface area contributed by atoms with Crippen molar-refractivity contribution in [2.75, 3.05) is 11.5 Å². The number of thiocarbonyl (C=S) groups is 1. The van der Waals surface area contributed by atoms with Crippen molar-refractivity contribution < 1.29 is 22.7 Å². The van der Waals surface area contributed by atoms with Crippen LogP contribution < -0.4 is 4.74 Å². The number of hydrogen-bond acceptors (Lipinski definition) is 7. The van der Waals surface area contributed by atoms with Crippen molar-refractivity contribution in [1.29, 1.82) is 0 Å². The van der Waals surface area contributed by atoms with E-state index in [1.54, 1.807) is 30.3 Å². The van der Waals surface area contributed by atoms with Gasteiger partial charge in [-0.25, -0.2) is 13.2 Å². The van der Waals surface area contributed by atoms with Crippen molar-refractivity contribution in [3.8, 4) is 5.75 Å². The molecule has 32 heavy (non-hydrogen) atoms. The number of allylic oxidation sites excluding steroid dienone is 3. The number of carbonyl (C=O) groups excluding carboxylic acids is 2. The number of sulfone groups is 1. The molecule has 168 valence electrons. The van der Waals surface area contributed by atoms with Gasteiger partial charge in [0.05, 0.1) is 22.5 Å². The lowest BCUT2D eigenvalue weighted by atomic mass is 9.94. The molecule has 0 spiro atoms. The second-order valence-corrected chi connectivity index (χ2v) is 11.9. The Kier molecular flexibility index (Phi) is 6.97. The Morgan fingerprint density at radius 2 is 1.97 bits per heavy atom. The van der Waals surface area contributed by atoms with Gasteiger partial charge in [-0.05, 0) is 55.4 Å². The number of carbonyl (C=O) groups is 2. The molecule has 2 saturated heterocycles. The van der Waals surface area contributed by atoms with Crippen LogP contribution in [0.15, 0.2) is 53.5 Å². The zero-order valence-electron chi connectivity index (χ0n) is 17.3. The van der Waals surface area contributed by atoms with E-state index in [0.717, 1.165) is 24.8 Å². The second kappa shape index (κ2) is 9.72. The minimum absolute atomic E-state index is 0.0430. The van der Waals surface area contributed by atoms with Crippen molar-refractivity contribution in [2.45, 2.75) is 31.7 Å². The lowest BCUT2D eigenvalue weighted by Gasteiger charge is -2.20. The molecule has 0 N–H and O–H groups in total. The number of amides is 1. The van der Waals surface area contributed by atoms with Gasteiger partial charge in [0.1, 0.15) is 10.1 Å². The van der Waals surface area contributed by atoms with Crippen LogP contribution in [0.4, 0.5) is 0 Å². The first-order valence-corrected chi connectivity index (χ1v) is 13.5. The minimum atomic E-state index is -3.11. The zero-order chi connectivity index (χ0) is 22.7. The van der Waals surface area contributed by atoms with Gasteiger partial charge < -0.3 is 4.74 Å². The van der Waals surface area contributed by atoms with Crippen LogP contribution in [-0.2, 0) is 19.4 Å². The van der Waals surface area contributed by atoms with E-state index in [9.17, 15) is 18.0 Å². The van der Waals surface area contributed by atoms with Crippen LogP contribution in [0.25, 0.3) is 6.08 Å². The van der Waals surface area contributed by atoms with E-state index in [0.29, 0.717) is 27.3 Å². The summed E-state index contributed by atoms with van der Waals surface area (Å²) in [7, 11) is -3.11. The van der Waals surface area contributed by atoms with Gasteiger partial charge in [-0.1, -0.05) is 54.3 Å². The lowest BCUT2D eigenvalue weighted by Crippen LogP contribution is -2.39. The third kappa shape index (κ3) is 5.57. The summed E-state index contributed by atoms with van der Waals surface area (Å²) in [5.41, 5.74) is 0.758. The molecule has 0 bridgehead atoms. The van der Waals surface area contributed by atoms with Gasteiger partial charge >= 0.3 is 5.97 Å². The largest absolute Gasteiger partial charge is 0.423 e. The van der Waals surface area contributed by atoms with Crippen LogP contribution in [0.3, 0.4) is 0 Å². The van der Waals surface area contributed by atoms with Crippen LogP contribution in [0.2, 0.25) is 0 Å². The maximum atomic E-state index is 12.8. The number of ether oxygens (including phenoxy) is 1. The van der Waals surface area contributed by atoms with Crippen LogP contribution in [0.5, 0.6) is 5.75 Å². The van der Waals surface area contributed by atoms with E-state index in [2.05, 4.69) is 12.2 Å². The summed E-state index contributed by atoms with van der Waals surface area (Å²) in [5.74, 6) is 0.154. The Morgan fingerprint density at radius 3 is 2.62 bits per heavy atom. The van der Waals surface area contributed by atoms with Gasteiger partial charge in [-0.15, -0.1) is 0 Å². The van der Waals surface area contributed by atoms with Gasteiger partial charge in [0.15, 0.2) is 9.84 Å². The first-order chi connectivity index (χ1) is 15.3. The molecule has 2 fully saturated rings. The highest BCUT2D eigenvalue weighted by Gasteiger charge is 2.42. The quantitative estimate of drug-likeness (QED) is 0.204. The smallest absolute Gasteiger partial charge is 0.335 e. The molecule has 2 aliphatic heterocycles. The number of thioether (sulfide) groups is 1. The third-order valence-corrected chi connectivity index (χ3v) is 8.69. The number of rotatable bonds is 5. The van der Waals surface area contributed by atoms with E-state index >= 15 is 0 Å². The highest BCUT2D eigenvalue weighted by molar-refractivity contribution is 8.26. The van der Waals surface area contributed by atoms with Gasteiger partial charge in [-0.3, -0.25) is 9.69 Å². The molecular formula is C23H23NO5S3. The summed E-state index contributed by atoms with van der Waals surface area (Å²) in [5, 5.41) is 0. The normalized spacial score (nSPS) is 26.4. The summed E-state index contributed by atoms with van der Waals surface area (Å²) in [4.78, 5) is 26.7. The molecule has 1 amide bonds. The number of nitrogens with zero attached hydrogens (tertiary/aromatic N) is 1. The first kappa shape index (κ1) is 22.9. The average Bonchev–Trinajstić information content (AvgIpc) is 3.26. The summed E-state index contributed by atoms with van der Waals surface area (Å²) >= 11 is 6.50. The molecule has 0 aromatic heterocycles. The predicted octanol–water partition coefficient (Wildman–Crippen LogP) is 3.89. The highest BCUT2D eigenvalue weighted by atomic mass is 32.2. The maximum absolute atomic E-state index is 12.8. The molecule has 2 unspecified atom stereocenters. The Hall–Kier alpha value is -2.23. The highest BCUT2D eigenvalue weighted by Crippen LogP contribution is 2.36. The van der Waals surface area contributed by atoms with E-state index in [-0.39, 0.29) is 17.4 Å². The summed E-state index contributed by atoms with van der Waals surface area (Å²) in [6.07, 6.45) is 12.8. The maximum Gasteiger partial charge on any atom is 0.335 e. The minimum Gasteiger partial charge on any atom is -0.423 e. The van der Waals surface area contributed by atoms with Gasteiger partial charge in [0, 0.05) is 6.08 Å². The molecule has 1 aliphatic carbocycles. The van der Waals surface area contributed by atoms with Crippen molar-refractivity contribution in [2.24, 2.45) is 5.92 Å². The number of benzene rings is 1. The second-order valence-electron chi connectivity index (χ2n) is 8.00. The van der Waals surface area contributed by atoms with E-state index in [4.69, 9.17) is 17.0 Å². The van der Waals surface area contributed by atoms with E-state index < -0.39 is 21.8 Å². The van der Waals surface area contributed by atoms with Crippen LogP contribution in [-0.4, -0.2) is 47.1 Å². The monoisotopic (exact) mass is 489 g/mol. The Morgan fingerprint density at radius 1 is 1.19 bits per heavy atom. The van der Waals surface area contributed by atoms with Crippen LogP contribution in [0.1, 0.15) is 31.2 Å². The Bertz CT molecular complexity index is 1120. The molecule has 9 heteroatoms. The van der Waals surface area contributed by atoms with E-state index in [1.807, 2.05) is 6.08 Å². The summed E-state index contributed by atoms with van der Waals surface area (Å²) in [6, 6.07) is 6.46. The van der Waals surface area contributed by atoms with Crippen LogP contribution in [0, 0.1) is 5.92 Å². The molecule has 3 aliphatic rings. The fourth-order valence-electron chi connectivity index (χ4n) is 3.91. The summed E-state index contributed by atoms with van der Waals surface area (Å²) in [6.45, 7) is 0. The van der Waals surface area contributed by atoms with Gasteiger partial charge in [-0.2, -0.15) is 0 Å². The SMILES string of the molecule is O=C(C=CC1CC=CCC1)Oc1ccc(C=C2SC(=S)N(C3CCS(=O)(=O)C3)C2=O)cc1. The van der Waals surface area contributed by atoms with Crippen molar-refractivity contribution >= 4 is 56.1 Å². The Labute approximate surface area is 197 Å². The molecule has 0 saturated carbocycles. The standard InChI is InChI=1S/C23H23NO5S3/c25-21(11-8-16-4-2-1-3-5-16)29-19-9-6-17(7-10-19)14-20-22(26)24(23(30)31-20)18-12-13-32(27,28)15-18/h1-2,6-11,14,16,18H,3-5,12-13,15H2. The fraction of sp³-hybridized carbons (Fsp3) is 0.348. The van der Waals surface area contributed by atoms with Gasteiger partial charge in [0.2, 0.25) is 0 Å². The summed E-state index contributed by atoms with van der Waals surface area (Å²) < 4.78 is 29.3. The fourth-order valence-corrected chi connectivity index (χ4v) is 7.01. The number of esters is 1. The van der Waals surface area contributed by atoms with E-state index in [1.165, 1.54) is 22.7 Å². The van der Waals surface area contributed by atoms with Crippen LogP contribution >= 0.6 is 24.0 Å². The molecule has 0 radical (unpaired) electrons. The molecule has 6 nitrogen and oxygen atoms in total. The molecule has 1 aromatic rings. The Balaban J connectivity index is 1.37. The molecule has 4 rings (SSSR count). The molecule has 2 heterocycles. The topological polar surface area (TPSA) is 80.8 Å². The van der Waals surface area contributed by atoms with Crippen molar-refractivity contribution in [3.63, 3.8) is 0 Å². The number of hydrogen-bond donors (Lipinski definition) is 0.